The summed E-state index contributed by atoms with van der Waals surface area (Å²) < 4.78 is 34.8. The summed E-state index contributed by atoms with van der Waals surface area (Å²) >= 11 is 7.35. The van der Waals surface area contributed by atoms with Gasteiger partial charge in [-0.2, -0.15) is 8.42 Å². The van der Waals surface area contributed by atoms with Gasteiger partial charge in [0.25, 0.3) is 10.0 Å². The van der Waals surface area contributed by atoms with Gasteiger partial charge in [-0.25, -0.2) is 4.98 Å². The summed E-state index contributed by atoms with van der Waals surface area (Å²) in [6.45, 7) is 3.05. The van der Waals surface area contributed by atoms with Gasteiger partial charge in [0.05, 0.1) is 13.2 Å². The van der Waals surface area contributed by atoms with Crippen molar-refractivity contribution in [1.29, 1.82) is 0 Å². The van der Waals surface area contributed by atoms with Crippen molar-refractivity contribution in [3.05, 3.63) is 41.0 Å². The molecule has 132 valence electrons. The highest BCUT2D eigenvalue weighted by Crippen LogP contribution is 2.27. The molecule has 1 N–H and O–H groups in total. The van der Waals surface area contributed by atoms with Crippen LogP contribution in [-0.2, 0) is 14.8 Å². The third kappa shape index (κ3) is 3.20. The Hall–Kier alpha value is -1.81. The van der Waals surface area contributed by atoms with E-state index in [1.807, 2.05) is 12.1 Å². The molecule has 3 heterocycles. The maximum Gasteiger partial charge on any atom is 0.281 e. The van der Waals surface area contributed by atoms with Gasteiger partial charge in [-0.05, 0) is 24.3 Å². The number of nitrogens with zero attached hydrogens (tertiary/aromatic N) is 3. The number of hydrogen-bond acceptors (Lipinski definition) is 6. The van der Waals surface area contributed by atoms with Gasteiger partial charge in [0, 0.05) is 36.0 Å². The SMILES string of the molecule is O=S(=O)(Nc1ccc(N2CCOCC2)cc1)c1c(Cl)nc2sccn12. The van der Waals surface area contributed by atoms with Crippen molar-refractivity contribution >= 4 is 49.3 Å². The molecule has 0 spiro atoms. The highest BCUT2D eigenvalue weighted by Gasteiger charge is 2.25. The van der Waals surface area contributed by atoms with Gasteiger partial charge in [0.15, 0.2) is 15.1 Å². The second kappa shape index (κ2) is 6.49. The molecule has 0 radical (unpaired) electrons. The van der Waals surface area contributed by atoms with Crippen molar-refractivity contribution in [3.8, 4) is 0 Å². The smallest absolute Gasteiger partial charge is 0.281 e. The Morgan fingerprint density at radius 2 is 1.92 bits per heavy atom. The lowest BCUT2D eigenvalue weighted by Crippen LogP contribution is -2.36. The molecule has 3 aromatic rings. The minimum absolute atomic E-state index is 0.0377. The average molecular weight is 399 g/mol. The van der Waals surface area contributed by atoms with Gasteiger partial charge < -0.3 is 9.64 Å². The number of benzene rings is 1. The van der Waals surface area contributed by atoms with Crippen LogP contribution in [-0.4, -0.2) is 44.1 Å². The molecule has 0 unspecified atom stereocenters. The van der Waals surface area contributed by atoms with Gasteiger partial charge in [-0.3, -0.25) is 9.12 Å². The highest BCUT2D eigenvalue weighted by molar-refractivity contribution is 7.92. The van der Waals surface area contributed by atoms with Crippen molar-refractivity contribution in [2.24, 2.45) is 0 Å². The lowest BCUT2D eigenvalue weighted by Gasteiger charge is -2.28. The van der Waals surface area contributed by atoms with Crippen molar-refractivity contribution in [3.63, 3.8) is 0 Å². The molecule has 0 bridgehead atoms. The zero-order chi connectivity index (χ0) is 17.4. The molecule has 1 aliphatic heterocycles. The highest BCUT2D eigenvalue weighted by atomic mass is 35.5. The summed E-state index contributed by atoms with van der Waals surface area (Å²) in [5, 5.41) is 1.67. The summed E-state index contributed by atoms with van der Waals surface area (Å²) in [5.74, 6) is 0. The molecule has 4 rings (SSSR count). The van der Waals surface area contributed by atoms with Crippen LogP contribution in [0.2, 0.25) is 5.15 Å². The first kappa shape index (κ1) is 16.6. The van der Waals surface area contributed by atoms with Crippen LogP contribution in [0, 0.1) is 0 Å². The van der Waals surface area contributed by atoms with Crippen LogP contribution in [0.15, 0.2) is 40.9 Å². The minimum Gasteiger partial charge on any atom is -0.378 e. The average Bonchev–Trinajstić information content (AvgIpc) is 3.15. The van der Waals surface area contributed by atoms with E-state index in [4.69, 9.17) is 16.3 Å². The van der Waals surface area contributed by atoms with Crippen LogP contribution in [0.3, 0.4) is 0 Å². The molecule has 1 aliphatic rings. The zero-order valence-electron chi connectivity index (χ0n) is 13.1. The molecule has 25 heavy (non-hydrogen) atoms. The van der Waals surface area contributed by atoms with E-state index in [2.05, 4.69) is 14.6 Å². The van der Waals surface area contributed by atoms with Crippen LogP contribution in [0.1, 0.15) is 0 Å². The van der Waals surface area contributed by atoms with Gasteiger partial charge in [-0.1, -0.05) is 11.6 Å². The van der Waals surface area contributed by atoms with Gasteiger partial charge in [0.1, 0.15) is 0 Å². The van der Waals surface area contributed by atoms with Crippen LogP contribution >= 0.6 is 22.9 Å². The number of morpholine rings is 1. The third-order valence-corrected chi connectivity index (χ3v) is 6.46. The molecule has 0 atom stereocenters. The fourth-order valence-electron chi connectivity index (χ4n) is 2.74. The van der Waals surface area contributed by atoms with E-state index in [9.17, 15) is 8.42 Å². The molecule has 1 saturated heterocycles. The normalized spacial score (nSPS) is 15.6. The Balaban J connectivity index is 1.58. The topological polar surface area (TPSA) is 75.9 Å². The Morgan fingerprint density at radius 1 is 1.20 bits per heavy atom. The molecule has 10 heteroatoms. The first-order chi connectivity index (χ1) is 12.0. The lowest BCUT2D eigenvalue weighted by atomic mass is 10.2. The number of rotatable bonds is 4. The summed E-state index contributed by atoms with van der Waals surface area (Å²) in [5.41, 5.74) is 1.51. The molecule has 1 aromatic carbocycles. The summed E-state index contributed by atoms with van der Waals surface area (Å²) in [6.07, 6.45) is 1.63. The number of fused-ring (bicyclic) bond motifs is 1. The first-order valence-corrected chi connectivity index (χ1v) is 10.4. The molecule has 2 aromatic heterocycles. The summed E-state index contributed by atoms with van der Waals surface area (Å²) in [4.78, 5) is 6.80. The van der Waals surface area contributed by atoms with E-state index in [-0.39, 0.29) is 10.2 Å². The van der Waals surface area contributed by atoms with E-state index in [1.165, 1.54) is 15.7 Å². The predicted molar refractivity (Wildman–Crippen MR) is 98.4 cm³/mol. The summed E-state index contributed by atoms with van der Waals surface area (Å²) in [7, 11) is -3.84. The quantitative estimate of drug-likeness (QED) is 0.731. The lowest BCUT2D eigenvalue weighted by molar-refractivity contribution is 0.122. The van der Waals surface area contributed by atoms with E-state index in [1.54, 1.807) is 23.7 Å². The Morgan fingerprint density at radius 3 is 2.64 bits per heavy atom. The van der Waals surface area contributed by atoms with Crippen molar-refractivity contribution < 1.29 is 13.2 Å². The Bertz CT molecular complexity index is 992. The minimum atomic E-state index is -3.84. The number of halogens is 1. The molecular formula is C15H15ClN4O3S2. The fourth-order valence-corrected chi connectivity index (χ4v) is 5.26. The summed E-state index contributed by atoms with van der Waals surface area (Å²) in [6, 6.07) is 7.26. The van der Waals surface area contributed by atoms with E-state index in [0.717, 1.165) is 18.8 Å². The number of aromatic nitrogens is 2. The van der Waals surface area contributed by atoms with Crippen molar-refractivity contribution in [1.82, 2.24) is 9.38 Å². The number of hydrogen-bond donors (Lipinski definition) is 1. The number of sulfonamides is 1. The Kier molecular flexibility index (Phi) is 4.32. The number of nitrogens with one attached hydrogen (secondary N) is 1. The Labute approximate surface area is 153 Å². The van der Waals surface area contributed by atoms with E-state index in [0.29, 0.717) is 23.9 Å². The first-order valence-electron chi connectivity index (χ1n) is 7.61. The standard InChI is InChI=1S/C15H15ClN4O3S2/c16-13-14(20-7-10-24-15(20)17-13)25(21,22)18-11-1-3-12(4-2-11)19-5-8-23-9-6-19/h1-4,7,10,18H,5-6,8-9H2. The second-order valence-electron chi connectivity index (χ2n) is 5.52. The molecule has 0 saturated carbocycles. The number of anilines is 2. The van der Waals surface area contributed by atoms with Gasteiger partial charge >= 0.3 is 0 Å². The molecular weight excluding hydrogens is 384 g/mol. The van der Waals surface area contributed by atoms with Crippen molar-refractivity contribution in [2.45, 2.75) is 5.03 Å². The maximum atomic E-state index is 12.7. The number of thiazole rings is 1. The number of imidazole rings is 1. The third-order valence-electron chi connectivity index (χ3n) is 3.93. The molecule has 1 fully saturated rings. The second-order valence-corrected chi connectivity index (χ2v) is 8.34. The van der Waals surface area contributed by atoms with Crippen molar-refractivity contribution in [2.75, 3.05) is 35.9 Å². The largest absolute Gasteiger partial charge is 0.378 e. The van der Waals surface area contributed by atoms with Crippen LogP contribution in [0.5, 0.6) is 0 Å². The van der Waals surface area contributed by atoms with Crippen LogP contribution in [0.25, 0.3) is 4.96 Å². The monoisotopic (exact) mass is 398 g/mol. The zero-order valence-corrected chi connectivity index (χ0v) is 15.4. The molecule has 0 amide bonds. The van der Waals surface area contributed by atoms with Crippen LogP contribution < -0.4 is 9.62 Å². The fraction of sp³-hybridized carbons (Fsp3) is 0.267. The predicted octanol–water partition coefficient (Wildman–Crippen LogP) is 2.69. The number of ether oxygens (including phenoxy) is 1. The van der Waals surface area contributed by atoms with Crippen LogP contribution in [0.4, 0.5) is 11.4 Å². The molecule has 7 nitrogen and oxygen atoms in total. The maximum absolute atomic E-state index is 12.7. The van der Waals surface area contributed by atoms with E-state index < -0.39 is 10.0 Å². The van der Waals surface area contributed by atoms with Gasteiger partial charge in [0.2, 0.25) is 0 Å². The van der Waals surface area contributed by atoms with Gasteiger partial charge in [-0.15, -0.1) is 11.3 Å². The van der Waals surface area contributed by atoms with E-state index >= 15 is 0 Å². The molecule has 0 aliphatic carbocycles.